The quantitative estimate of drug-likeness (QED) is 0.389. The van der Waals surface area contributed by atoms with Gasteiger partial charge in [-0.1, -0.05) is 76.2 Å². The molecule has 1 unspecified atom stereocenters. The lowest BCUT2D eigenvalue weighted by molar-refractivity contribution is -0.136. The Kier molecular flexibility index (Phi) is 8.11. The van der Waals surface area contributed by atoms with E-state index in [4.69, 9.17) is 9.84 Å². The van der Waals surface area contributed by atoms with Crippen LogP contribution in [0.4, 0.5) is 0 Å². The Morgan fingerprint density at radius 1 is 0.882 bits per heavy atom. The number of carbonyl (C=O) groups excluding carboxylic acids is 1. The summed E-state index contributed by atoms with van der Waals surface area (Å²) in [6, 6.07) is 24.0. The number of hydrogen-bond donors (Lipinski definition) is 2. The lowest BCUT2D eigenvalue weighted by Crippen LogP contribution is -2.26. The van der Waals surface area contributed by atoms with Crippen molar-refractivity contribution in [3.8, 4) is 16.9 Å². The van der Waals surface area contributed by atoms with Crippen LogP contribution in [0.2, 0.25) is 0 Å². The van der Waals surface area contributed by atoms with Crippen LogP contribution in [0.25, 0.3) is 11.1 Å². The van der Waals surface area contributed by atoms with E-state index in [1.54, 1.807) is 12.1 Å². The van der Waals surface area contributed by atoms with Gasteiger partial charge in [-0.2, -0.15) is 0 Å². The second-order valence-electron chi connectivity index (χ2n) is 9.39. The van der Waals surface area contributed by atoms with Crippen molar-refractivity contribution in [2.24, 2.45) is 0 Å². The van der Waals surface area contributed by atoms with Crippen molar-refractivity contribution in [1.29, 1.82) is 0 Å². The highest BCUT2D eigenvalue weighted by molar-refractivity contribution is 5.94. The van der Waals surface area contributed by atoms with Crippen LogP contribution in [0.15, 0.2) is 72.8 Å². The summed E-state index contributed by atoms with van der Waals surface area (Å²) in [5.74, 6) is -0.435. The Balaban J connectivity index is 1.64. The lowest BCUT2D eigenvalue weighted by Gasteiger charge is -2.20. The number of nitrogens with one attached hydrogen (secondary N) is 1. The van der Waals surface area contributed by atoms with E-state index in [1.165, 1.54) is 11.1 Å². The van der Waals surface area contributed by atoms with Crippen LogP contribution in [0.5, 0.6) is 5.75 Å². The molecule has 2 N–H and O–H groups in total. The van der Waals surface area contributed by atoms with Crippen molar-refractivity contribution in [3.63, 3.8) is 0 Å². The third-order valence-corrected chi connectivity index (χ3v) is 5.76. The van der Waals surface area contributed by atoms with Crippen LogP contribution >= 0.6 is 0 Å². The molecule has 0 radical (unpaired) electrons. The number of aliphatic carboxylic acids is 1. The van der Waals surface area contributed by atoms with Gasteiger partial charge in [0.15, 0.2) is 0 Å². The van der Waals surface area contributed by atoms with Crippen molar-refractivity contribution < 1.29 is 19.4 Å². The SMILES string of the molecule is CCC(Oc1ccc(-c2ccc(C(C)(C)C)cc2)cc1)c1ccc(C(=O)NCCC(=O)O)cc1. The summed E-state index contributed by atoms with van der Waals surface area (Å²) in [6.07, 6.45) is 0.539. The van der Waals surface area contributed by atoms with Crippen molar-refractivity contribution in [2.75, 3.05) is 6.54 Å². The molecule has 1 atom stereocenters. The molecule has 0 bridgehead atoms. The zero-order chi connectivity index (χ0) is 24.7. The van der Waals surface area contributed by atoms with Crippen LogP contribution in [-0.4, -0.2) is 23.5 Å². The zero-order valence-electron chi connectivity index (χ0n) is 20.3. The van der Waals surface area contributed by atoms with Crippen LogP contribution in [0, 0.1) is 0 Å². The molecule has 178 valence electrons. The molecular weight excluding hydrogens is 426 g/mol. The summed E-state index contributed by atoms with van der Waals surface area (Å²) >= 11 is 0. The van der Waals surface area contributed by atoms with E-state index in [0.717, 1.165) is 23.3 Å². The van der Waals surface area contributed by atoms with E-state index < -0.39 is 5.97 Å². The molecule has 0 aliphatic heterocycles. The fraction of sp³-hybridized carbons (Fsp3) is 0.310. The molecular formula is C29H33NO4. The van der Waals surface area contributed by atoms with Crippen LogP contribution in [0.3, 0.4) is 0 Å². The van der Waals surface area contributed by atoms with Crippen LogP contribution < -0.4 is 10.1 Å². The van der Waals surface area contributed by atoms with Gasteiger partial charge < -0.3 is 15.2 Å². The lowest BCUT2D eigenvalue weighted by atomic mass is 9.86. The number of carboxylic acid groups (broad SMARTS) is 1. The van der Waals surface area contributed by atoms with Gasteiger partial charge in [0.25, 0.3) is 5.91 Å². The second-order valence-corrected chi connectivity index (χ2v) is 9.39. The number of benzene rings is 3. The van der Waals surface area contributed by atoms with E-state index >= 15 is 0 Å². The summed E-state index contributed by atoms with van der Waals surface area (Å²) in [7, 11) is 0. The largest absolute Gasteiger partial charge is 0.486 e. The molecule has 3 aromatic rings. The molecule has 0 aromatic heterocycles. The van der Waals surface area contributed by atoms with Gasteiger partial charge in [-0.15, -0.1) is 0 Å². The topological polar surface area (TPSA) is 75.6 Å². The molecule has 0 saturated heterocycles. The van der Waals surface area contributed by atoms with Crippen molar-refractivity contribution in [2.45, 2.75) is 52.1 Å². The van der Waals surface area contributed by atoms with Crippen molar-refractivity contribution in [1.82, 2.24) is 5.32 Å². The number of carbonyl (C=O) groups is 2. The molecule has 5 nitrogen and oxygen atoms in total. The molecule has 3 aromatic carbocycles. The maximum Gasteiger partial charge on any atom is 0.305 e. The average Bonchev–Trinajstić information content (AvgIpc) is 2.82. The Morgan fingerprint density at radius 2 is 1.44 bits per heavy atom. The normalized spacial score (nSPS) is 12.1. The van der Waals surface area contributed by atoms with Crippen molar-refractivity contribution >= 4 is 11.9 Å². The number of amides is 1. The average molecular weight is 460 g/mol. The van der Waals surface area contributed by atoms with Gasteiger partial charge in [0.05, 0.1) is 6.42 Å². The monoisotopic (exact) mass is 459 g/mol. The molecule has 0 spiro atoms. The molecule has 0 saturated carbocycles. The summed E-state index contributed by atoms with van der Waals surface area (Å²) in [5.41, 5.74) is 5.22. The maximum atomic E-state index is 12.1. The molecule has 5 heteroatoms. The molecule has 0 heterocycles. The Labute approximate surface area is 201 Å². The zero-order valence-corrected chi connectivity index (χ0v) is 20.3. The summed E-state index contributed by atoms with van der Waals surface area (Å²) in [6.45, 7) is 8.80. The van der Waals surface area contributed by atoms with Gasteiger partial charge in [-0.25, -0.2) is 0 Å². The number of rotatable bonds is 9. The molecule has 3 rings (SSSR count). The minimum atomic E-state index is -0.940. The number of carboxylic acids is 1. The predicted molar refractivity (Wildman–Crippen MR) is 135 cm³/mol. The first kappa shape index (κ1) is 25.0. The molecule has 34 heavy (non-hydrogen) atoms. The Bertz CT molecular complexity index is 1090. The van der Waals surface area contributed by atoms with Gasteiger partial charge in [0.1, 0.15) is 11.9 Å². The second kappa shape index (κ2) is 11.0. The fourth-order valence-electron chi connectivity index (χ4n) is 3.67. The van der Waals surface area contributed by atoms with E-state index in [9.17, 15) is 9.59 Å². The highest BCUT2D eigenvalue weighted by atomic mass is 16.5. The van der Waals surface area contributed by atoms with E-state index in [1.807, 2.05) is 24.3 Å². The highest BCUT2D eigenvalue weighted by Gasteiger charge is 2.15. The van der Waals surface area contributed by atoms with E-state index in [-0.39, 0.29) is 30.4 Å². The summed E-state index contributed by atoms with van der Waals surface area (Å²) in [4.78, 5) is 22.7. The van der Waals surface area contributed by atoms with Gasteiger partial charge in [0.2, 0.25) is 0 Å². The first-order valence-electron chi connectivity index (χ1n) is 11.6. The van der Waals surface area contributed by atoms with Gasteiger partial charge >= 0.3 is 5.97 Å². The standard InChI is InChI=1S/C29H33NO4/c1-5-26(22-6-8-23(9-7-22)28(33)30-19-18-27(31)32)34-25-16-12-21(13-17-25)20-10-14-24(15-11-20)29(2,3)4/h6-17,26H,5,18-19H2,1-4H3,(H,30,33)(H,31,32). The molecule has 0 fully saturated rings. The van der Waals surface area contributed by atoms with Gasteiger partial charge in [0, 0.05) is 12.1 Å². The molecule has 0 aliphatic rings. The third kappa shape index (κ3) is 6.70. The minimum Gasteiger partial charge on any atom is -0.486 e. The first-order valence-corrected chi connectivity index (χ1v) is 11.6. The smallest absolute Gasteiger partial charge is 0.305 e. The van der Waals surface area contributed by atoms with Gasteiger partial charge in [-0.3, -0.25) is 9.59 Å². The minimum absolute atomic E-state index is 0.101. The summed E-state index contributed by atoms with van der Waals surface area (Å²) < 4.78 is 6.23. The van der Waals surface area contributed by atoms with Gasteiger partial charge in [-0.05, 0) is 58.4 Å². The number of ether oxygens (including phenoxy) is 1. The Hall–Kier alpha value is -3.60. The Morgan fingerprint density at radius 3 is 1.94 bits per heavy atom. The maximum absolute atomic E-state index is 12.1. The molecule has 0 aliphatic carbocycles. The van der Waals surface area contributed by atoms with Crippen LogP contribution in [0.1, 0.15) is 68.1 Å². The highest BCUT2D eigenvalue weighted by Crippen LogP contribution is 2.29. The van der Waals surface area contributed by atoms with E-state index in [2.05, 4.69) is 69.4 Å². The number of hydrogen-bond acceptors (Lipinski definition) is 3. The van der Waals surface area contributed by atoms with E-state index in [0.29, 0.717) is 5.56 Å². The van der Waals surface area contributed by atoms with Crippen molar-refractivity contribution in [3.05, 3.63) is 89.5 Å². The predicted octanol–water partition coefficient (Wildman–Crippen LogP) is 6.39. The fourth-order valence-corrected chi connectivity index (χ4v) is 3.67. The van der Waals surface area contributed by atoms with Crippen LogP contribution in [-0.2, 0) is 10.2 Å². The summed E-state index contributed by atoms with van der Waals surface area (Å²) in [5, 5.41) is 11.3. The first-order chi connectivity index (χ1) is 16.2. The third-order valence-electron chi connectivity index (χ3n) is 5.76. The molecule has 1 amide bonds.